The van der Waals surface area contributed by atoms with Gasteiger partial charge in [-0.2, -0.15) is 4.98 Å². The molecular formula is C26H38N4O. The van der Waals surface area contributed by atoms with Gasteiger partial charge in [-0.15, -0.1) is 0 Å². The Hall–Kier alpha value is -2.14. The second-order valence-electron chi connectivity index (χ2n) is 9.04. The number of nitrogens with zero attached hydrogens (tertiary/aromatic N) is 3. The van der Waals surface area contributed by atoms with Gasteiger partial charge in [0, 0.05) is 29.2 Å². The fourth-order valence-electron chi connectivity index (χ4n) is 4.76. The molecule has 1 aliphatic rings. The average Bonchev–Trinajstić information content (AvgIpc) is 3.55. The molecule has 1 aromatic carbocycles. The molecule has 0 radical (unpaired) electrons. The third-order valence-electron chi connectivity index (χ3n) is 6.58. The van der Waals surface area contributed by atoms with Crippen LogP contribution in [0.15, 0.2) is 35.0 Å². The maximum Gasteiger partial charge on any atom is 0.244 e. The quantitative estimate of drug-likeness (QED) is 0.300. The molecule has 3 aromatic rings. The molecule has 1 saturated heterocycles. The Morgan fingerprint density at radius 1 is 1.00 bits per heavy atom. The van der Waals surface area contributed by atoms with E-state index in [0.717, 1.165) is 31.0 Å². The minimum atomic E-state index is 0.209. The van der Waals surface area contributed by atoms with E-state index in [4.69, 9.17) is 9.51 Å². The van der Waals surface area contributed by atoms with Gasteiger partial charge in [-0.1, -0.05) is 88.1 Å². The molecular weight excluding hydrogens is 384 g/mol. The number of para-hydroxylation sites is 1. The van der Waals surface area contributed by atoms with Crippen molar-refractivity contribution in [2.75, 3.05) is 6.54 Å². The first-order valence-electron chi connectivity index (χ1n) is 12.5. The van der Waals surface area contributed by atoms with Gasteiger partial charge in [0.15, 0.2) is 0 Å². The van der Waals surface area contributed by atoms with Crippen molar-refractivity contribution in [1.82, 2.24) is 20.0 Å². The zero-order valence-electron chi connectivity index (χ0n) is 19.1. The van der Waals surface area contributed by atoms with Crippen LogP contribution in [0.1, 0.15) is 95.9 Å². The van der Waals surface area contributed by atoms with E-state index in [1.165, 1.54) is 81.5 Å². The molecule has 1 aliphatic heterocycles. The Kier molecular flexibility index (Phi) is 8.17. The first kappa shape index (κ1) is 22.1. The van der Waals surface area contributed by atoms with Gasteiger partial charge in [0.05, 0.1) is 6.04 Å². The number of fused-ring (bicyclic) bond motifs is 1. The normalized spacial score (nSPS) is 16.5. The van der Waals surface area contributed by atoms with Crippen LogP contribution in [0.5, 0.6) is 0 Å². The highest BCUT2D eigenvalue weighted by molar-refractivity contribution is 5.94. The van der Waals surface area contributed by atoms with Crippen LogP contribution in [0.25, 0.3) is 22.3 Å². The van der Waals surface area contributed by atoms with E-state index >= 15 is 0 Å². The third kappa shape index (κ3) is 5.76. The van der Waals surface area contributed by atoms with E-state index in [0.29, 0.717) is 5.82 Å². The fourth-order valence-corrected chi connectivity index (χ4v) is 4.76. The molecule has 5 heteroatoms. The zero-order valence-corrected chi connectivity index (χ0v) is 19.1. The van der Waals surface area contributed by atoms with Crippen molar-refractivity contribution in [3.8, 4) is 11.4 Å². The molecule has 0 amide bonds. The van der Waals surface area contributed by atoms with Gasteiger partial charge in [-0.05, 0) is 31.9 Å². The highest BCUT2D eigenvalue weighted by Crippen LogP contribution is 2.31. The van der Waals surface area contributed by atoms with Crippen molar-refractivity contribution in [3.05, 3.63) is 36.4 Å². The number of rotatable bonds is 13. The van der Waals surface area contributed by atoms with E-state index < -0.39 is 0 Å². The lowest BCUT2D eigenvalue weighted by molar-refractivity contribution is 0.345. The Morgan fingerprint density at radius 2 is 1.74 bits per heavy atom. The van der Waals surface area contributed by atoms with Crippen molar-refractivity contribution < 1.29 is 4.52 Å². The molecule has 168 valence electrons. The Balaban J connectivity index is 1.31. The molecule has 1 atom stereocenters. The second kappa shape index (κ2) is 11.5. The van der Waals surface area contributed by atoms with E-state index in [9.17, 15) is 0 Å². The van der Waals surface area contributed by atoms with E-state index in [-0.39, 0.29) is 6.04 Å². The molecule has 2 aromatic heterocycles. The van der Waals surface area contributed by atoms with E-state index in [1.54, 1.807) is 0 Å². The lowest BCUT2D eigenvalue weighted by Gasteiger charge is -2.05. The van der Waals surface area contributed by atoms with E-state index in [2.05, 4.69) is 52.4 Å². The lowest BCUT2D eigenvalue weighted by atomic mass is 10.1. The number of hydrogen-bond donors (Lipinski definition) is 1. The Bertz CT molecular complexity index is 923. The Labute approximate surface area is 186 Å². The predicted molar refractivity (Wildman–Crippen MR) is 127 cm³/mol. The summed E-state index contributed by atoms with van der Waals surface area (Å²) in [4.78, 5) is 4.73. The van der Waals surface area contributed by atoms with Crippen LogP contribution in [0.4, 0.5) is 0 Å². The van der Waals surface area contributed by atoms with Gasteiger partial charge in [-0.25, -0.2) is 0 Å². The largest absolute Gasteiger partial charge is 0.347 e. The summed E-state index contributed by atoms with van der Waals surface area (Å²) in [6, 6.07) is 8.79. The standard InChI is InChI=1S/C26H38N4O/c1-2-3-4-5-6-7-8-9-10-13-19-30-20-22(21-15-11-12-17-24(21)30)25-28-26(31-29-25)23-16-14-18-27-23/h11-12,15,17,20,23,27H,2-10,13-14,16,18-19H2,1H3. The van der Waals surface area contributed by atoms with E-state index in [1.807, 2.05) is 0 Å². The molecule has 1 fully saturated rings. The summed E-state index contributed by atoms with van der Waals surface area (Å²) in [5.41, 5.74) is 2.34. The SMILES string of the molecule is CCCCCCCCCCCCn1cc(-c2noc(C3CCCN3)n2)c2ccccc21. The molecule has 31 heavy (non-hydrogen) atoms. The zero-order chi connectivity index (χ0) is 21.3. The predicted octanol–water partition coefficient (Wildman–Crippen LogP) is 7.04. The first-order chi connectivity index (χ1) is 15.4. The molecule has 0 saturated carbocycles. The fraction of sp³-hybridized carbons (Fsp3) is 0.615. The average molecular weight is 423 g/mol. The molecule has 0 aliphatic carbocycles. The lowest BCUT2D eigenvalue weighted by Crippen LogP contribution is -2.12. The molecule has 3 heterocycles. The van der Waals surface area contributed by atoms with Gasteiger partial charge in [0.1, 0.15) is 0 Å². The smallest absolute Gasteiger partial charge is 0.244 e. The van der Waals surface area contributed by atoms with Crippen LogP contribution in [0, 0.1) is 0 Å². The molecule has 4 rings (SSSR count). The third-order valence-corrected chi connectivity index (χ3v) is 6.58. The first-order valence-corrected chi connectivity index (χ1v) is 12.5. The van der Waals surface area contributed by atoms with Crippen molar-refractivity contribution in [2.45, 2.75) is 96.6 Å². The van der Waals surface area contributed by atoms with Crippen LogP contribution in [-0.2, 0) is 6.54 Å². The number of unbranched alkanes of at least 4 members (excludes halogenated alkanes) is 9. The number of aryl methyl sites for hydroxylation is 1. The summed E-state index contributed by atoms with van der Waals surface area (Å²) in [6.45, 7) is 4.36. The van der Waals surface area contributed by atoms with Crippen LogP contribution < -0.4 is 5.32 Å². The summed E-state index contributed by atoms with van der Waals surface area (Å²) in [5, 5.41) is 8.96. The van der Waals surface area contributed by atoms with Crippen molar-refractivity contribution in [2.24, 2.45) is 0 Å². The summed E-state index contributed by atoms with van der Waals surface area (Å²) in [7, 11) is 0. The summed E-state index contributed by atoms with van der Waals surface area (Å²) in [6.07, 6.45) is 18.1. The number of aromatic nitrogens is 3. The summed E-state index contributed by atoms with van der Waals surface area (Å²) >= 11 is 0. The van der Waals surface area contributed by atoms with Crippen LogP contribution in [0.3, 0.4) is 0 Å². The summed E-state index contributed by atoms with van der Waals surface area (Å²) < 4.78 is 7.97. The highest BCUT2D eigenvalue weighted by Gasteiger charge is 2.23. The van der Waals surface area contributed by atoms with Gasteiger partial charge in [0.25, 0.3) is 0 Å². The number of benzene rings is 1. The van der Waals surface area contributed by atoms with Gasteiger partial charge in [-0.3, -0.25) is 0 Å². The highest BCUT2D eigenvalue weighted by atomic mass is 16.5. The minimum Gasteiger partial charge on any atom is -0.347 e. The van der Waals surface area contributed by atoms with Crippen LogP contribution >= 0.6 is 0 Å². The minimum absolute atomic E-state index is 0.209. The maximum absolute atomic E-state index is 5.60. The van der Waals surface area contributed by atoms with Gasteiger partial charge < -0.3 is 14.4 Å². The van der Waals surface area contributed by atoms with Gasteiger partial charge in [0.2, 0.25) is 11.7 Å². The number of nitrogens with one attached hydrogen (secondary N) is 1. The molecule has 1 unspecified atom stereocenters. The topological polar surface area (TPSA) is 55.9 Å². The molecule has 5 nitrogen and oxygen atoms in total. The second-order valence-corrected chi connectivity index (χ2v) is 9.04. The monoisotopic (exact) mass is 422 g/mol. The number of hydrogen-bond acceptors (Lipinski definition) is 4. The molecule has 0 bridgehead atoms. The molecule has 1 N–H and O–H groups in total. The molecule has 0 spiro atoms. The Morgan fingerprint density at radius 3 is 2.48 bits per heavy atom. The maximum atomic E-state index is 5.60. The van der Waals surface area contributed by atoms with Crippen molar-refractivity contribution in [1.29, 1.82) is 0 Å². The van der Waals surface area contributed by atoms with Crippen molar-refractivity contribution >= 4 is 10.9 Å². The van der Waals surface area contributed by atoms with Gasteiger partial charge >= 0.3 is 0 Å². The summed E-state index contributed by atoms with van der Waals surface area (Å²) in [5.74, 6) is 1.43. The van der Waals surface area contributed by atoms with Crippen LogP contribution in [-0.4, -0.2) is 21.3 Å². The van der Waals surface area contributed by atoms with Crippen molar-refractivity contribution in [3.63, 3.8) is 0 Å². The van der Waals surface area contributed by atoms with Crippen LogP contribution in [0.2, 0.25) is 0 Å².